The van der Waals surface area contributed by atoms with E-state index in [1.54, 1.807) is 38.1 Å². The summed E-state index contributed by atoms with van der Waals surface area (Å²) in [5.41, 5.74) is 0. The highest BCUT2D eigenvalue weighted by Crippen LogP contribution is 2.18. The molecule has 4 heteroatoms. The Morgan fingerprint density at radius 2 is 2.27 bits per heavy atom. The third kappa shape index (κ3) is 4.21. The molecule has 0 aliphatic carbocycles. The van der Waals surface area contributed by atoms with E-state index in [9.17, 15) is 4.79 Å². The molecule has 0 saturated heterocycles. The second-order valence-electron chi connectivity index (χ2n) is 2.99. The van der Waals surface area contributed by atoms with Gasteiger partial charge in [0.15, 0.2) is 0 Å². The maximum absolute atomic E-state index is 11.0. The van der Waals surface area contributed by atoms with Crippen LogP contribution in [0.2, 0.25) is 5.02 Å². The quantitative estimate of drug-likeness (QED) is 0.587. The number of ether oxygens (including phenoxy) is 2. The lowest BCUT2D eigenvalue weighted by atomic mass is 10.3. The Bertz CT molecular complexity index is 338. The lowest BCUT2D eigenvalue weighted by Gasteiger charge is -2.14. The van der Waals surface area contributed by atoms with Gasteiger partial charge in [0.1, 0.15) is 5.75 Å². The van der Waals surface area contributed by atoms with Gasteiger partial charge in [0.2, 0.25) is 6.29 Å². The fourth-order valence-corrected chi connectivity index (χ4v) is 1.20. The fourth-order valence-electron chi connectivity index (χ4n) is 1.02. The highest BCUT2D eigenvalue weighted by Gasteiger charge is 2.08. The van der Waals surface area contributed by atoms with Crippen molar-refractivity contribution in [2.75, 3.05) is 0 Å². The molecule has 0 spiro atoms. The number of esters is 1. The van der Waals surface area contributed by atoms with Gasteiger partial charge in [-0.3, -0.25) is 4.79 Å². The van der Waals surface area contributed by atoms with E-state index in [-0.39, 0.29) is 5.97 Å². The summed E-state index contributed by atoms with van der Waals surface area (Å²) in [4.78, 5) is 11.0. The smallest absolute Gasteiger partial charge is 0.308 e. The van der Waals surface area contributed by atoms with Crippen molar-refractivity contribution in [3.63, 3.8) is 0 Å². The van der Waals surface area contributed by atoms with Crippen LogP contribution in [0.25, 0.3) is 0 Å². The molecule has 1 unspecified atom stereocenters. The van der Waals surface area contributed by atoms with Gasteiger partial charge in [-0.15, -0.1) is 0 Å². The van der Waals surface area contributed by atoms with Crippen LogP contribution < -0.4 is 4.74 Å². The maximum atomic E-state index is 11.0. The molecule has 1 rings (SSSR count). The van der Waals surface area contributed by atoms with Crippen LogP contribution in [0.3, 0.4) is 0 Å². The molecule has 0 N–H and O–H groups in total. The number of carbonyl (C=O) groups is 1. The SMILES string of the molecule is CCC(=O)OC(C)Oc1cccc(Cl)c1. The standard InChI is InChI=1S/C11H13ClO3/c1-3-11(13)15-8(2)14-10-6-4-5-9(12)7-10/h4-8H,3H2,1-2H3. The zero-order valence-electron chi connectivity index (χ0n) is 8.70. The average molecular weight is 229 g/mol. The first-order valence-corrected chi connectivity index (χ1v) is 5.11. The third-order valence-corrected chi connectivity index (χ3v) is 1.92. The molecule has 3 nitrogen and oxygen atoms in total. The van der Waals surface area contributed by atoms with E-state index in [0.717, 1.165) is 0 Å². The summed E-state index contributed by atoms with van der Waals surface area (Å²) in [5, 5.41) is 0.585. The largest absolute Gasteiger partial charge is 0.455 e. The molecule has 0 aliphatic heterocycles. The van der Waals surface area contributed by atoms with Crippen LogP contribution in [-0.2, 0) is 9.53 Å². The molecule has 0 bridgehead atoms. The number of carbonyl (C=O) groups excluding carboxylic acids is 1. The van der Waals surface area contributed by atoms with Gasteiger partial charge < -0.3 is 9.47 Å². The minimum absolute atomic E-state index is 0.287. The number of benzene rings is 1. The third-order valence-electron chi connectivity index (χ3n) is 1.68. The molecule has 0 fully saturated rings. The molecule has 0 radical (unpaired) electrons. The highest BCUT2D eigenvalue weighted by atomic mass is 35.5. The van der Waals surface area contributed by atoms with Crippen LogP contribution in [0.4, 0.5) is 0 Å². The Balaban J connectivity index is 2.51. The summed E-state index contributed by atoms with van der Waals surface area (Å²) in [6.45, 7) is 3.39. The van der Waals surface area contributed by atoms with Gasteiger partial charge in [0.25, 0.3) is 0 Å². The summed E-state index contributed by atoms with van der Waals surface area (Å²) in [6, 6.07) is 6.93. The van der Waals surface area contributed by atoms with Gasteiger partial charge in [0.05, 0.1) is 0 Å². The van der Waals surface area contributed by atoms with E-state index in [4.69, 9.17) is 21.1 Å². The van der Waals surface area contributed by atoms with Crippen LogP contribution >= 0.6 is 11.6 Å². The van der Waals surface area contributed by atoms with Crippen molar-refractivity contribution in [3.8, 4) is 5.75 Å². The van der Waals surface area contributed by atoms with E-state index in [2.05, 4.69) is 0 Å². The number of rotatable bonds is 4. The fraction of sp³-hybridized carbons (Fsp3) is 0.364. The summed E-state index contributed by atoms with van der Waals surface area (Å²) in [7, 11) is 0. The van der Waals surface area contributed by atoms with Crippen molar-refractivity contribution in [3.05, 3.63) is 29.3 Å². The Morgan fingerprint density at radius 1 is 1.53 bits per heavy atom. The first-order valence-electron chi connectivity index (χ1n) is 4.73. The van der Waals surface area contributed by atoms with E-state index in [1.807, 2.05) is 0 Å². The highest BCUT2D eigenvalue weighted by molar-refractivity contribution is 6.30. The second-order valence-corrected chi connectivity index (χ2v) is 3.42. The zero-order valence-corrected chi connectivity index (χ0v) is 9.45. The lowest BCUT2D eigenvalue weighted by Crippen LogP contribution is -2.20. The van der Waals surface area contributed by atoms with Crippen LogP contribution in [0.5, 0.6) is 5.75 Å². The molecule has 0 amide bonds. The topological polar surface area (TPSA) is 35.5 Å². The molecular weight excluding hydrogens is 216 g/mol. The predicted molar refractivity (Wildman–Crippen MR) is 57.9 cm³/mol. The van der Waals surface area contributed by atoms with Crippen LogP contribution in [-0.4, -0.2) is 12.3 Å². The Labute approximate surface area is 93.9 Å². The average Bonchev–Trinajstić information content (AvgIpc) is 2.17. The monoisotopic (exact) mass is 228 g/mol. The minimum atomic E-state index is -0.601. The molecular formula is C11H13ClO3. The predicted octanol–water partition coefficient (Wildman–Crippen LogP) is 3.02. The van der Waals surface area contributed by atoms with Crippen molar-refractivity contribution in [2.24, 2.45) is 0 Å². The molecule has 1 atom stereocenters. The zero-order chi connectivity index (χ0) is 11.3. The van der Waals surface area contributed by atoms with Crippen molar-refractivity contribution in [2.45, 2.75) is 26.6 Å². The lowest BCUT2D eigenvalue weighted by molar-refractivity contribution is -0.160. The van der Waals surface area contributed by atoms with E-state index in [1.165, 1.54) is 0 Å². The van der Waals surface area contributed by atoms with Gasteiger partial charge in [-0.05, 0) is 18.2 Å². The van der Waals surface area contributed by atoms with Gasteiger partial charge >= 0.3 is 5.97 Å². The van der Waals surface area contributed by atoms with E-state index >= 15 is 0 Å². The molecule has 1 aromatic rings. The Kier molecular flexibility index (Phi) is 4.43. The van der Waals surface area contributed by atoms with Gasteiger partial charge in [0, 0.05) is 18.4 Å². The molecule has 0 saturated carbocycles. The van der Waals surface area contributed by atoms with Crippen molar-refractivity contribution >= 4 is 17.6 Å². The van der Waals surface area contributed by atoms with Crippen LogP contribution in [0.1, 0.15) is 20.3 Å². The Morgan fingerprint density at radius 3 is 2.87 bits per heavy atom. The molecule has 0 heterocycles. The molecule has 15 heavy (non-hydrogen) atoms. The van der Waals surface area contributed by atoms with Gasteiger partial charge in [-0.1, -0.05) is 24.6 Å². The maximum Gasteiger partial charge on any atom is 0.308 e. The van der Waals surface area contributed by atoms with Crippen LogP contribution in [0, 0.1) is 0 Å². The first-order chi connectivity index (χ1) is 7.11. The molecule has 1 aromatic carbocycles. The van der Waals surface area contributed by atoms with Crippen molar-refractivity contribution in [1.82, 2.24) is 0 Å². The van der Waals surface area contributed by atoms with Gasteiger partial charge in [-0.2, -0.15) is 0 Å². The minimum Gasteiger partial charge on any atom is -0.455 e. The normalized spacial score (nSPS) is 11.9. The van der Waals surface area contributed by atoms with Crippen LogP contribution in [0.15, 0.2) is 24.3 Å². The summed E-state index contributed by atoms with van der Waals surface area (Å²) in [5.74, 6) is 0.295. The molecule has 0 aliphatic rings. The van der Waals surface area contributed by atoms with Crippen molar-refractivity contribution in [1.29, 1.82) is 0 Å². The first kappa shape index (κ1) is 11.9. The Hall–Kier alpha value is -1.22. The summed E-state index contributed by atoms with van der Waals surface area (Å²) in [6.07, 6.45) is -0.264. The van der Waals surface area contributed by atoms with E-state index < -0.39 is 6.29 Å². The summed E-state index contributed by atoms with van der Waals surface area (Å²) >= 11 is 5.77. The van der Waals surface area contributed by atoms with Gasteiger partial charge in [-0.25, -0.2) is 0 Å². The van der Waals surface area contributed by atoms with Crippen molar-refractivity contribution < 1.29 is 14.3 Å². The van der Waals surface area contributed by atoms with E-state index in [0.29, 0.717) is 17.2 Å². The second kappa shape index (κ2) is 5.61. The number of halogens is 1. The molecule has 0 aromatic heterocycles. The molecule has 82 valence electrons. The number of hydrogen-bond donors (Lipinski definition) is 0. The summed E-state index contributed by atoms with van der Waals surface area (Å²) < 4.78 is 10.3. The number of hydrogen-bond acceptors (Lipinski definition) is 3.